The number of ketones is 1. The maximum absolute atomic E-state index is 11.7. The van der Waals surface area contributed by atoms with Crippen molar-refractivity contribution in [2.45, 2.75) is 19.8 Å². The predicted molar refractivity (Wildman–Crippen MR) is 60.4 cm³/mol. The van der Waals surface area contributed by atoms with Crippen molar-refractivity contribution in [3.63, 3.8) is 0 Å². The molecule has 0 N–H and O–H groups in total. The molecular formula is C12H12O2S. The van der Waals surface area contributed by atoms with E-state index in [-0.39, 0.29) is 5.78 Å². The van der Waals surface area contributed by atoms with Crippen LogP contribution in [0.1, 0.15) is 27.2 Å². The van der Waals surface area contributed by atoms with Gasteiger partial charge >= 0.3 is 0 Å². The van der Waals surface area contributed by atoms with Crippen molar-refractivity contribution >= 4 is 17.1 Å². The standard InChI is InChI=1S/C12H12O2S/c1-2-9-5-6-10(15-9)8-11(13)12-4-3-7-14-12/h3-7H,2,8H2,1H3. The SMILES string of the molecule is CCc1ccc(CC(=O)c2ccco2)s1. The lowest BCUT2D eigenvalue weighted by Gasteiger charge is -1.93. The molecule has 0 fully saturated rings. The van der Waals surface area contributed by atoms with Crippen molar-refractivity contribution in [2.75, 3.05) is 0 Å². The normalized spacial score (nSPS) is 10.5. The van der Waals surface area contributed by atoms with Gasteiger partial charge in [-0.3, -0.25) is 4.79 Å². The summed E-state index contributed by atoms with van der Waals surface area (Å²) in [5, 5.41) is 0. The van der Waals surface area contributed by atoms with Crippen LogP contribution < -0.4 is 0 Å². The molecular weight excluding hydrogens is 208 g/mol. The van der Waals surface area contributed by atoms with Gasteiger partial charge in [-0.1, -0.05) is 6.92 Å². The highest BCUT2D eigenvalue weighted by Crippen LogP contribution is 2.19. The summed E-state index contributed by atoms with van der Waals surface area (Å²) in [7, 11) is 0. The van der Waals surface area contributed by atoms with Gasteiger partial charge < -0.3 is 4.42 Å². The number of thiophene rings is 1. The molecule has 2 rings (SSSR count). The zero-order valence-corrected chi connectivity index (χ0v) is 9.34. The molecule has 0 aliphatic carbocycles. The van der Waals surface area contributed by atoms with Crippen molar-refractivity contribution in [1.82, 2.24) is 0 Å². The van der Waals surface area contributed by atoms with E-state index in [0.717, 1.165) is 11.3 Å². The summed E-state index contributed by atoms with van der Waals surface area (Å²) in [5.74, 6) is 0.492. The first-order valence-electron chi connectivity index (χ1n) is 4.94. The van der Waals surface area contributed by atoms with Crippen molar-refractivity contribution in [3.8, 4) is 0 Å². The Morgan fingerprint density at radius 3 is 2.73 bits per heavy atom. The summed E-state index contributed by atoms with van der Waals surface area (Å²) in [6, 6.07) is 7.54. The van der Waals surface area contributed by atoms with Gasteiger partial charge in [-0.25, -0.2) is 0 Å². The molecule has 0 unspecified atom stereocenters. The lowest BCUT2D eigenvalue weighted by Crippen LogP contribution is -1.99. The second-order valence-corrected chi connectivity index (χ2v) is 4.55. The monoisotopic (exact) mass is 220 g/mol. The van der Waals surface area contributed by atoms with Crippen molar-refractivity contribution < 1.29 is 9.21 Å². The zero-order valence-electron chi connectivity index (χ0n) is 8.53. The second kappa shape index (κ2) is 4.45. The van der Waals surface area contributed by atoms with Gasteiger partial charge in [0.2, 0.25) is 5.78 Å². The molecule has 2 aromatic rings. The van der Waals surface area contributed by atoms with Crippen molar-refractivity contribution in [1.29, 1.82) is 0 Å². The molecule has 2 aromatic heterocycles. The summed E-state index contributed by atoms with van der Waals surface area (Å²) >= 11 is 1.70. The van der Waals surface area contributed by atoms with Crippen LogP contribution in [0, 0.1) is 0 Å². The van der Waals surface area contributed by atoms with Crippen LogP contribution in [0.15, 0.2) is 34.9 Å². The van der Waals surface area contributed by atoms with E-state index in [1.54, 1.807) is 23.5 Å². The first-order valence-corrected chi connectivity index (χ1v) is 5.75. The van der Waals surface area contributed by atoms with Crippen LogP contribution in [0.3, 0.4) is 0 Å². The molecule has 0 saturated carbocycles. The van der Waals surface area contributed by atoms with Gasteiger partial charge in [0.25, 0.3) is 0 Å². The molecule has 78 valence electrons. The van der Waals surface area contributed by atoms with Crippen molar-refractivity contribution in [2.24, 2.45) is 0 Å². The lowest BCUT2D eigenvalue weighted by atomic mass is 10.2. The summed E-state index contributed by atoms with van der Waals surface area (Å²) in [5.41, 5.74) is 0. The van der Waals surface area contributed by atoms with Gasteiger partial charge in [-0.2, -0.15) is 0 Å². The average Bonchev–Trinajstić information content (AvgIpc) is 2.87. The van der Waals surface area contributed by atoms with Crippen LogP contribution in [-0.2, 0) is 12.8 Å². The second-order valence-electron chi connectivity index (χ2n) is 3.30. The minimum Gasteiger partial charge on any atom is -0.461 e. The Hall–Kier alpha value is -1.35. The fourth-order valence-electron chi connectivity index (χ4n) is 1.39. The minimum absolute atomic E-state index is 0.0458. The summed E-state index contributed by atoms with van der Waals surface area (Å²) in [4.78, 5) is 14.1. The Bertz CT molecular complexity index is 440. The fourth-order valence-corrected chi connectivity index (χ4v) is 2.35. The van der Waals surface area contributed by atoms with E-state index in [9.17, 15) is 4.79 Å². The average molecular weight is 220 g/mol. The molecule has 0 bridgehead atoms. The third-order valence-electron chi connectivity index (χ3n) is 2.20. The molecule has 0 aliphatic rings. The highest BCUT2D eigenvalue weighted by molar-refractivity contribution is 7.12. The minimum atomic E-state index is 0.0458. The Labute approximate surface area is 92.5 Å². The fraction of sp³-hybridized carbons (Fsp3) is 0.250. The van der Waals surface area contributed by atoms with Gasteiger partial charge in [0.15, 0.2) is 5.76 Å². The highest BCUT2D eigenvalue weighted by Gasteiger charge is 2.10. The molecule has 0 aromatic carbocycles. The maximum atomic E-state index is 11.7. The van der Waals surface area contributed by atoms with Crippen LogP contribution in [0.4, 0.5) is 0 Å². The van der Waals surface area contributed by atoms with Gasteiger partial charge in [0.1, 0.15) is 0 Å². The van der Waals surface area contributed by atoms with Crippen LogP contribution in [0.2, 0.25) is 0 Å². The van der Waals surface area contributed by atoms with E-state index in [0.29, 0.717) is 12.2 Å². The van der Waals surface area contributed by atoms with Crippen LogP contribution in [0.25, 0.3) is 0 Å². The van der Waals surface area contributed by atoms with Crippen LogP contribution in [0.5, 0.6) is 0 Å². The highest BCUT2D eigenvalue weighted by atomic mass is 32.1. The first-order chi connectivity index (χ1) is 7.29. The number of rotatable bonds is 4. The molecule has 0 saturated heterocycles. The number of Topliss-reactive ketones (excluding diaryl/α,β-unsaturated/α-hetero) is 1. The van der Waals surface area contributed by atoms with E-state index in [4.69, 9.17) is 4.42 Å². The lowest BCUT2D eigenvalue weighted by molar-refractivity contribution is 0.0967. The van der Waals surface area contributed by atoms with Gasteiger partial charge in [-0.15, -0.1) is 11.3 Å². The third-order valence-corrected chi connectivity index (χ3v) is 3.43. The van der Waals surface area contributed by atoms with Crippen LogP contribution >= 0.6 is 11.3 Å². The Balaban J connectivity index is 2.06. The molecule has 2 heterocycles. The van der Waals surface area contributed by atoms with Gasteiger partial charge in [0.05, 0.1) is 6.26 Å². The molecule has 0 radical (unpaired) electrons. The van der Waals surface area contributed by atoms with Crippen molar-refractivity contribution in [3.05, 3.63) is 46.0 Å². The Morgan fingerprint density at radius 2 is 2.13 bits per heavy atom. The van der Waals surface area contributed by atoms with E-state index in [1.165, 1.54) is 11.1 Å². The number of hydrogen-bond acceptors (Lipinski definition) is 3. The van der Waals surface area contributed by atoms with Gasteiger partial charge in [0, 0.05) is 16.2 Å². The molecule has 2 nitrogen and oxygen atoms in total. The summed E-state index contributed by atoms with van der Waals surface area (Å²) in [6.07, 6.45) is 3.00. The smallest absolute Gasteiger partial charge is 0.203 e. The number of aryl methyl sites for hydroxylation is 1. The van der Waals surface area contributed by atoms with E-state index in [2.05, 4.69) is 13.0 Å². The third kappa shape index (κ3) is 2.36. The molecule has 3 heteroatoms. The number of hydrogen-bond donors (Lipinski definition) is 0. The molecule has 0 aliphatic heterocycles. The topological polar surface area (TPSA) is 30.2 Å². The van der Waals surface area contributed by atoms with E-state index >= 15 is 0 Å². The van der Waals surface area contributed by atoms with E-state index < -0.39 is 0 Å². The Kier molecular flexibility index (Phi) is 3.02. The molecule has 0 amide bonds. The Morgan fingerprint density at radius 1 is 1.33 bits per heavy atom. The first kappa shape index (κ1) is 10.2. The summed E-state index contributed by atoms with van der Waals surface area (Å²) < 4.78 is 5.06. The quantitative estimate of drug-likeness (QED) is 0.740. The largest absolute Gasteiger partial charge is 0.461 e. The molecule has 0 spiro atoms. The van der Waals surface area contributed by atoms with E-state index in [1.807, 2.05) is 6.07 Å². The number of carbonyl (C=O) groups excluding carboxylic acids is 1. The number of carbonyl (C=O) groups is 1. The summed E-state index contributed by atoms with van der Waals surface area (Å²) in [6.45, 7) is 2.12. The number of furan rings is 1. The zero-order chi connectivity index (χ0) is 10.7. The molecule has 0 atom stereocenters. The van der Waals surface area contributed by atoms with Gasteiger partial charge in [-0.05, 0) is 30.7 Å². The maximum Gasteiger partial charge on any atom is 0.203 e. The van der Waals surface area contributed by atoms with Crippen LogP contribution in [-0.4, -0.2) is 5.78 Å². The predicted octanol–water partition coefficient (Wildman–Crippen LogP) is 3.33. The molecule has 15 heavy (non-hydrogen) atoms.